The van der Waals surface area contributed by atoms with Crippen molar-refractivity contribution in [3.05, 3.63) is 41.7 Å². The number of nitrogens with zero attached hydrogens (tertiary/aromatic N) is 1. The summed E-state index contributed by atoms with van der Waals surface area (Å²) >= 11 is 0. The number of benzene rings is 1. The van der Waals surface area contributed by atoms with Gasteiger partial charge in [-0.3, -0.25) is 4.90 Å². The molecule has 4 heteroatoms. The zero-order valence-corrected chi connectivity index (χ0v) is 12.3. The molecule has 1 atom stereocenters. The van der Waals surface area contributed by atoms with Crippen molar-refractivity contribution in [2.45, 2.75) is 19.4 Å². The summed E-state index contributed by atoms with van der Waals surface area (Å²) in [5.41, 5.74) is 2.01. The molecule has 1 heterocycles. The minimum atomic E-state index is -0.220. The van der Waals surface area contributed by atoms with E-state index in [0.717, 1.165) is 49.5 Å². The molecule has 3 nitrogen and oxygen atoms in total. The molecule has 1 aliphatic rings. The predicted molar refractivity (Wildman–Crippen MR) is 79.6 cm³/mol. The number of hydrogen-bond acceptors (Lipinski definition) is 3. The number of hydrogen-bond donors (Lipinski definition) is 1. The smallest absolute Gasteiger partial charge is 0.123 e. The lowest BCUT2D eigenvalue weighted by molar-refractivity contribution is 0.169. The first-order valence-corrected chi connectivity index (χ1v) is 7.04. The van der Waals surface area contributed by atoms with Gasteiger partial charge in [-0.2, -0.15) is 0 Å². The molecule has 0 radical (unpaired) electrons. The van der Waals surface area contributed by atoms with E-state index in [0.29, 0.717) is 0 Å². The largest absolute Gasteiger partial charge is 0.496 e. The molecular weight excluding hydrogens is 255 g/mol. The van der Waals surface area contributed by atoms with Gasteiger partial charge in [0.1, 0.15) is 11.6 Å². The second kappa shape index (κ2) is 6.86. The number of piperazine rings is 1. The van der Waals surface area contributed by atoms with Crippen molar-refractivity contribution in [3.8, 4) is 5.75 Å². The zero-order valence-electron chi connectivity index (χ0n) is 12.3. The molecule has 0 amide bonds. The molecular formula is C16H23FN2O. The van der Waals surface area contributed by atoms with Gasteiger partial charge >= 0.3 is 0 Å². The third-order valence-corrected chi connectivity index (χ3v) is 3.68. The number of methoxy groups -OCH3 is 1. The second-order valence-corrected chi connectivity index (χ2v) is 5.35. The van der Waals surface area contributed by atoms with Crippen LogP contribution < -0.4 is 10.1 Å². The molecule has 1 aromatic rings. The summed E-state index contributed by atoms with van der Waals surface area (Å²) in [7, 11) is 1.63. The summed E-state index contributed by atoms with van der Waals surface area (Å²) in [6, 6.07) is 4.87. The number of nitrogens with one attached hydrogen (secondary N) is 1. The standard InChI is InChI=1S/C16H23FN2O/c1-12(2)10-15(19-8-6-18-7-9-19)14-11-13(17)4-5-16(14)20-3/h4-5,11,15,18H,1,6-10H2,2-3H3/t15-/m0/s1. The predicted octanol–water partition coefficient (Wildman–Crippen LogP) is 2.75. The van der Waals surface area contributed by atoms with E-state index in [1.807, 2.05) is 6.92 Å². The maximum atomic E-state index is 13.6. The number of rotatable bonds is 5. The van der Waals surface area contributed by atoms with Gasteiger partial charge in [-0.25, -0.2) is 4.39 Å². The van der Waals surface area contributed by atoms with E-state index in [4.69, 9.17) is 4.74 Å². The molecule has 1 fully saturated rings. The summed E-state index contributed by atoms with van der Waals surface area (Å²) < 4.78 is 19.1. The van der Waals surface area contributed by atoms with Gasteiger partial charge in [-0.15, -0.1) is 6.58 Å². The van der Waals surface area contributed by atoms with Crippen LogP contribution in [0.4, 0.5) is 4.39 Å². The van der Waals surface area contributed by atoms with Crippen LogP contribution in [-0.4, -0.2) is 38.2 Å². The summed E-state index contributed by atoms with van der Waals surface area (Å²) in [5.74, 6) is 0.527. The molecule has 20 heavy (non-hydrogen) atoms. The summed E-state index contributed by atoms with van der Waals surface area (Å²) in [6.07, 6.45) is 0.819. The van der Waals surface area contributed by atoms with Crippen molar-refractivity contribution >= 4 is 0 Å². The summed E-state index contributed by atoms with van der Waals surface area (Å²) in [4.78, 5) is 2.38. The van der Waals surface area contributed by atoms with Crippen LogP contribution in [0, 0.1) is 5.82 Å². The third kappa shape index (κ3) is 3.58. The van der Waals surface area contributed by atoms with E-state index >= 15 is 0 Å². The molecule has 1 aliphatic heterocycles. The Hall–Kier alpha value is -1.39. The summed E-state index contributed by atoms with van der Waals surface area (Å²) in [5, 5.41) is 3.34. The lowest BCUT2D eigenvalue weighted by atomic mass is 9.97. The highest BCUT2D eigenvalue weighted by atomic mass is 19.1. The van der Waals surface area contributed by atoms with Crippen LogP contribution >= 0.6 is 0 Å². The van der Waals surface area contributed by atoms with Gasteiger partial charge in [0.05, 0.1) is 7.11 Å². The zero-order chi connectivity index (χ0) is 14.5. The van der Waals surface area contributed by atoms with Crippen LogP contribution in [0.1, 0.15) is 24.9 Å². The fourth-order valence-corrected chi connectivity index (χ4v) is 2.73. The van der Waals surface area contributed by atoms with Crippen LogP contribution in [0.3, 0.4) is 0 Å². The highest BCUT2D eigenvalue weighted by Gasteiger charge is 2.25. The number of ether oxygens (including phenoxy) is 1. The van der Waals surface area contributed by atoms with Gasteiger partial charge in [0, 0.05) is 37.8 Å². The van der Waals surface area contributed by atoms with Crippen LogP contribution in [0.2, 0.25) is 0 Å². The number of halogens is 1. The fourth-order valence-electron chi connectivity index (χ4n) is 2.73. The average molecular weight is 278 g/mol. The van der Waals surface area contributed by atoms with Crippen molar-refractivity contribution in [2.75, 3.05) is 33.3 Å². The Morgan fingerprint density at radius 1 is 1.45 bits per heavy atom. The first-order chi connectivity index (χ1) is 9.61. The highest BCUT2D eigenvalue weighted by Crippen LogP contribution is 2.34. The molecule has 1 N–H and O–H groups in total. The first kappa shape index (κ1) is 15.0. The second-order valence-electron chi connectivity index (χ2n) is 5.35. The average Bonchev–Trinajstić information content (AvgIpc) is 2.45. The van der Waals surface area contributed by atoms with Crippen LogP contribution in [0.15, 0.2) is 30.4 Å². The summed E-state index contributed by atoms with van der Waals surface area (Å²) in [6.45, 7) is 9.87. The Labute approximate surface area is 120 Å². The van der Waals surface area contributed by atoms with E-state index in [2.05, 4.69) is 16.8 Å². The van der Waals surface area contributed by atoms with Crippen LogP contribution in [0.5, 0.6) is 5.75 Å². The molecule has 0 saturated carbocycles. The lowest BCUT2D eigenvalue weighted by Crippen LogP contribution is -2.45. The highest BCUT2D eigenvalue weighted by molar-refractivity contribution is 5.37. The topological polar surface area (TPSA) is 24.5 Å². The SMILES string of the molecule is C=C(C)C[C@@H](c1cc(F)ccc1OC)N1CCNCC1. The van der Waals surface area contributed by atoms with E-state index in [-0.39, 0.29) is 11.9 Å². The molecule has 0 aromatic heterocycles. The normalized spacial score (nSPS) is 17.8. The quantitative estimate of drug-likeness (QED) is 0.838. The Morgan fingerprint density at radius 2 is 2.15 bits per heavy atom. The molecule has 2 rings (SSSR count). The van der Waals surface area contributed by atoms with Crippen molar-refractivity contribution in [1.82, 2.24) is 10.2 Å². The monoisotopic (exact) mass is 278 g/mol. The minimum absolute atomic E-state index is 0.125. The Morgan fingerprint density at radius 3 is 2.75 bits per heavy atom. The van der Waals surface area contributed by atoms with Gasteiger partial charge in [-0.1, -0.05) is 5.57 Å². The fraction of sp³-hybridized carbons (Fsp3) is 0.500. The maximum Gasteiger partial charge on any atom is 0.123 e. The molecule has 1 saturated heterocycles. The van der Waals surface area contributed by atoms with E-state index in [1.54, 1.807) is 19.2 Å². The van der Waals surface area contributed by atoms with Crippen molar-refractivity contribution < 1.29 is 9.13 Å². The molecule has 0 bridgehead atoms. The van der Waals surface area contributed by atoms with E-state index in [9.17, 15) is 4.39 Å². The Kier molecular flexibility index (Phi) is 5.15. The maximum absolute atomic E-state index is 13.6. The van der Waals surface area contributed by atoms with E-state index < -0.39 is 0 Å². The first-order valence-electron chi connectivity index (χ1n) is 7.04. The Bertz CT molecular complexity index is 470. The van der Waals surface area contributed by atoms with Crippen molar-refractivity contribution in [2.24, 2.45) is 0 Å². The minimum Gasteiger partial charge on any atom is -0.496 e. The molecule has 0 unspecified atom stereocenters. The van der Waals surface area contributed by atoms with Gasteiger partial charge in [0.2, 0.25) is 0 Å². The van der Waals surface area contributed by atoms with Crippen LogP contribution in [0.25, 0.3) is 0 Å². The lowest BCUT2D eigenvalue weighted by Gasteiger charge is -2.36. The van der Waals surface area contributed by atoms with Gasteiger partial charge in [0.15, 0.2) is 0 Å². The van der Waals surface area contributed by atoms with Crippen LogP contribution in [-0.2, 0) is 0 Å². The Balaban J connectivity index is 2.34. The van der Waals surface area contributed by atoms with Gasteiger partial charge < -0.3 is 10.1 Å². The molecule has 110 valence electrons. The van der Waals surface area contributed by atoms with Gasteiger partial charge in [-0.05, 0) is 31.5 Å². The van der Waals surface area contributed by atoms with Crippen molar-refractivity contribution in [3.63, 3.8) is 0 Å². The van der Waals surface area contributed by atoms with E-state index in [1.165, 1.54) is 6.07 Å². The molecule has 0 aliphatic carbocycles. The third-order valence-electron chi connectivity index (χ3n) is 3.68. The molecule has 1 aromatic carbocycles. The molecule has 0 spiro atoms. The van der Waals surface area contributed by atoms with Crippen molar-refractivity contribution in [1.29, 1.82) is 0 Å². The van der Waals surface area contributed by atoms with Gasteiger partial charge in [0.25, 0.3) is 0 Å².